The van der Waals surface area contributed by atoms with Gasteiger partial charge in [0.15, 0.2) is 22.8 Å². The largest absolute Gasteiger partial charge is 0.493 e. The van der Waals surface area contributed by atoms with E-state index in [4.69, 9.17) is 13.9 Å². The van der Waals surface area contributed by atoms with Gasteiger partial charge in [-0.2, -0.15) is 8.78 Å². The predicted octanol–water partition coefficient (Wildman–Crippen LogP) is 3.66. The highest BCUT2D eigenvalue weighted by molar-refractivity contribution is 5.97. The van der Waals surface area contributed by atoms with Crippen LogP contribution in [0, 0.1) is 0 Å². The fraction of sp³-hybridized carbons (Fsp3) is 0.273. The van der Waals surface area contributed by atoms with Crippen molar-refractivity contribution in [3.05, 3.63) is 53.8 Å². The van der Waals surface area contributed by atoms with Gasteiger partial charge in [-0.25, -0.2) is 0 Å². The third-order valence-electron chi connectivity index (χ3n) is 4.60. The normalized spacial score (nSPS) is 11.8. The van der Waals surface area contributed by atoms with E-state index in [2.05, 4.69) is 15.4 Å². The molecule has 0 bridgehead atoms. The Kier molecular flexibility index (Phi) is 7.14. The Bertz CT molecular complexity index is 1110. The molecule has 2 amide bonds. The first kappa shape index (κ1) is 22.9. The zero-order valence-electron chi connectivity index (χ0n) is 17.6. The van der Waals surface area contributed by atoms with Gasteiger partial charge in [0.25, 0.3) is 5.91 Å². The second-order valence-corrected chi connectivity index (χ2v) is 6.74. The summed E-state index contributed by atoms with van der Waals surface area (Å²) in [5.41, 5.74) is 0.696. The summed E-state index contributed by atoms with van der Waals surface area (Å²) >= 11 is 0. The number of carbonyl (C=O) groups is 2. The number of ether oxygens (including phenoxy) is 3. The van der Waals surface area contributed by atoms with Gasteiger partial charge in [0.2, 0.25) is 5.91 Å². The van der Waals surface area contributed by atoms with Crippen molar-refractivity contribution in [3.8, 4) is 17.2 Å². The topological polar surface area (TPSA) is 99.0 Å². The lowest BCUT2D eigenvalue weighted by molar-refractivity contribution is -0.120. The van der Waals surface area contributed by atoms with Crippen LogP contribution in [0.4, 0.5) is 8.78 Å². The van der Waals surface area contributed by atoms with Crippen LogP contribution in [0.2, 0.25) is 0 Å². The Labute approximate surface area is 182 Å². The number of carbonyl (C=O) groups excluding carboxylic acids is 2. The SMILES string of the molecule is COc1cc(C(=O)NCC(=O)NC(C)c2cc3cccc(OC)c3o2)ccc1OC(F)F. The summed E-state index contributed by atoms with van der Waals surface area (Å²) in [6.07, 6.45) is 0. The maximum Gasteiger partial charge on any atom is 0.387 e. The molecule has 0 saturated heterocycles. The molecule has 1 atom stereocenters. The van der Waals surface area contributed by atoms with Gasteiger partial charge in [-0.1, -0.05) is 12.1 Å². The van der Waals surface area contributed by atoms with Crippen LogP contribution in [0.5, 0.6) is 17.2 Å². The van der Waals surface area contributed by atoms with Gasteiger partial charge in [-0.15, -0.1) is 0 Å². The molecule has 0 radical (unpaired) electrons. The maximum atomic E-state index is 12.4. The second kappa shape index (κ2) is 9.99. The Hall–Kier alpha value is -3.82. The number of furan rings is 1. The highest BCUT2D eigenvalue weighted by Gasteiger charge is 2.18. The third kappa shape index (κ3) is 5.26. The standard InChI is InChI=1S/C22H22F2N2O6/c1-12(17-9-13-5-4-6-16(29-2)20(13)31-17)26-19(27)11-25-21(28)14-7-8-15(32-22(23)24)18(10-14)30-3/h4-10,12,22H,11H2,1-3H3,(H,25,28)(H,26,27). The lowest BCUT2D eigenvalue weighted by atomic mass is 10.2. The van der Waals surface area contributed by atoms with Crippen molar-refractivity contribution in [3.63, 3.8) is 0 Å². The van der Waals surface area contributed by atoms with E-state index in [0.717, 1.165) is 5.39 Å². The molecule has 0 aliphatic carbocycles. The van der Waals surface area contributed by atoms with E-state index in [1.165, 1.54) is 25.3 Å². The molecule has 1 aromatic heterocycles. The quantitative estimate of drug-likeness (QED) is 0.518. The number of benzene rings is 2. The Morgan fingerprint density at radius 2 is 1.78 bits per heavy atom. The van der Waals surface area contributed by atoms with Gasteiger partial charge in [-0.05, 0) is 37.3 Å². The minimum atomic E-state index is -3.03. The highest BCUT2D eigenvalue weighted by Crippen LogP contribution is 2.31. The van der Waals surface area contributed by atoms with Crippen LogP contribution in [0.15, 0.2) is 46.9 Å². The summed E-state index contributed by atoms with van der Waals surface area (Å²) in [6.45, 7) is -1.58. The van der Waals surface area contributed by atoms with Gasteiger partial charge in [0.05, 0.1) is 26.8 Å². The van der Waals surface area contributed by atoms with Crippen LogP contribution >= 0.6 is 0 Å². The molecule has 0 aliphatic rings. The highest BCUT2D eigenvalue weighted by atomic mass is 19.3. The molecule has 32 heavy (non-hydrogen) atoms. The molecule has 0 aliphatic heterocycles. The number of hydrogen-bond acceptors (Lipinski definition) is 6. The zero-order chi connectivity index (χ0) is 23.3. The Morgan fingerprint density at radius 3 is 2.47 bits per heavy atom. The van der Waals surface area contributed by atoms with Crippen LogP contribution in [0.25, 0.3) is 11.0 Å². The molecule has 10 heteroatoms. The number of alkyl halides is 2. The monoisotopic (exact) mass is 448 g/mol. The first-order valence-electron chi connectivity index (χ1n) is 9.59. The van der Waals surface area contributed by atoms with Crippen molar-refractivity contribution in [1.29, 1.82) is 0 Å². The Balaban J connectivity index is 1.59. The molecule has 2 N–H and O–H groups in total. The van der Waals surface area contributed by atoms with Crippen LogP contribution in [-0.4, -0.2) is 39.2 Å². The average Bonchev–Trinajstić information content (AvgIpc) is 3.22. The fourth-order valence-electron chi connectivity index (χ4n) is 3.06. The number of amides is 2. The lowest BCUT2D eigenvalue weighted by Gasteiger charge is -2.13. The van der Waals surface area contributed by atoms with Crippen molar-refractivity contribution in [2.75, 3.05) is 20.8 Å². The molecule has 8 nitrogen and oxygen atoms in total. The summed E-state index contributed by atoms with van der Waals surface area (Å²) in [5, 5.41) is 6.04. The van der Waals surface area contributed by atoms with E-state index < -0.39 is 24.5 Å². The van der Waals surface area contributed by atoms with E-state index >= 15 is 0 Å². The van der Waals surface area contributed by atoms with Crippen molar-refractivity contribution in [1.82, 2.24) is 10.6 Å². The number of para-hydroxylation sites is 1. The summed E-state index contributed by atoms with van der Waals surface area (Å²) in [6, 6.07) is 10.5. The number of fused-ring (bicyclic) bond motifs is 1. The van der Waals surface area contributed by atoms with Crippen molar-refractivity contribution >= 4 is 22.8 Å². The average molecular weight is 448 g/mol. The minimum absolute atomic E-state index is 0.0312. The summed E-state index contributed by atoms with van der Waals surface area (Å²) in [5.74, 6) is -0.140. The molecule has 170 valence electrons. The third-order valence-corrected chi connectivity index (χ3v) is 4.60. The number of halogens is 2. The van der Waals surface area contributed by atoms with E-state index in [9.17, 15) is 18.4 Å². The lowest BCUT2D eigenvalue weighted by Crippen LogP contribution is -2.37. The van der Waals surface area contributed by atoms with Crippen LogP contribution < -0.4 is 24.8 Å². The molecular weight excluding hydrogens is 426 g/mol. The van der Waals surface area contributed by atoms with Crippen LogP contribution in [0.3, 0.4) is 0 Å². The first-order chi connectivity index (χ1) is 15.3. The summed E-state index contributed by atoms with van der Waals surface area (Å²) in [7, 11) is 2.80. The molecule has 2 aromatic carbocycles. The van der Waals surface area contributed by atoms with Crippen LogP contribution in [0.1, 0.15) is 29.1 Å². The van der Waals surface area contributed by atoms with E-state index in [1.54, 1.807) is 26.2 Å². The van der Waals surface area contributed by atoms with Gasteiger partial charge < -0.3 is 29.3 Å². The zero-order valence-corrected chi connectivity index (χ0v) is 17.6. The molecule has 0 fully saturated rings. The second-order valence-electron chi connectivity index (χ2n) is 6.74. The number of rotatable bonds is 9. The van der Waals surface area contributed by atoms with E-state index in [-0.39, 0.29) is 23.6 Å². The summed E-state index contributed by atoms with van der Waals surface area (Å²) in [4.78, 5) is 24.6. The van der Waals surface area contributed by atoms with E-state index in [1.807, 2.05) is 12.1 Å². The predicted molar refractivity (Wildman–Crippen MR) is 111 cm³/mol. The van der Waals surface area contributed by atoms with Crippen molar-refractivity contribution < 1.29 is 37.0 Å². The van der Waals surface area contributed by atoms with Gasteiger partial charge >= 0.3 is 6.61 Å². The van der Waals surface area contributed by atoms with Gasteiger partial charge in [0.1, 0.15) is 5.76 Å². The van der Waals surface area contributed by atoms with Crippen LogP contribution in [-0.2, 0) is 4.79 Å². The molecule has 3 aromatic rings. The van der Waals surface area contributed by atoms with Crippen molar-refractivity contribution in [2.24, 2.45) is 0 Å². The van der Waals surface area contributed by atoms with Gasteiger partial charge in [-0.3, -0.25) is 9.59 Å². The number of nitrogens with one attached hydrogen (secondary N) is 2. The smallest absolute Gasteiger partial charge is 0.387 e. The minimum Gasteiger partial charge on any atom is -0.493 e. The maximum absolute atomic E-state index is 12.4. The number of methoxy groups -OCH3 is 2. The molecule has 0 saturated carbocycles. The molecular formula is C22H22F2N2O6. The Morgan fingerprint density at radius 1 is 1.03 bits per heavy atom. The van der Waals surface area contributed by atoms with Crippen molar-refractivity contribution in [2.45, 2.75) is 19.6 Å². The molecule has 0 spiro atoms. The van der Waals surface area contributed by atoms with E-state index in [0.29, 0.717) is 17.1 Å². The molecule has 1 unspecified atom stereocenters. The summed E-state index contributed by atoms with van der Waals surface area (Å²) < 4.78 is 45.2. The van der Waals surface area contributed by atoms with Gasteiger partial charge in [0, 0.05) is 10.9 Å². The first-order valence-corrected chi connectivity index (χ1v) is 9.59. The molecule has 1 heterocycles. The number of hydrogen-bond donors (Lipinski definition) is 2. The fourth-order valence-corrected chi connectivity index (χ4v) is 3.06. The molecule has 3 rings (SSSR count).